The van der Waals surface area contributed by atoms with Gasteiger partial charge in [-0.2, -0.15) is 0 Å². The third-order valence-corrected chi connectivity index (χ3v) is 0. The van der Waals surface area contributed by atoms with Crippen molar-refractivity contribution in [3.63, 3.8) is 0 Å². The Morgan fingerprint density at radius 3 is 1.00 bits per heavy atom. The first-order valence-electron chi connectivity index (χ1n) is 1.91. The Morgan fingerprint density at radius 2 is 1.00 bits per heavy atom. The first kappa shape index (κ1) is 12.9. The van der Waals surface area contributed by atoms with E-state index in [1.807, 2.05) is 0 Å². The predicted molar refractivity (Wildman–Crippen MR) is 42.3 cm³/mol. The van der Waals surface area contributed by atoms with Gasteiger partial charge in [0.1, 0.15) is 0 Å². The van der Waals surface area contributed by atoms with Gasteiger partial charge in [0, 0.05) is 9.52 Å². The first-order chi connectivity index (χ1) is 3.41. The van der Waals surface area contributed by atoms with Gasteiger partial charge in [0.2, 0.25) is 0 Å². The fourth-order valence-corrected chi connectivity index (χ4v) is 0. The molecule has 51 valence electrons. The Labute approximate surface area is 71.3 Å². The molecule has 0 N–H and O–H groups in total. The molecule has 0 aliphatic rings. The van der Waals surface area contributed by atoms with E-state index in [0.29, 0.717) is 0 Å². The van der Waals surface area contributed by atoms with E-state index < -0.39 is 15.5 Å². The standard InChI is InChI=1S/C2H7Si.4ClH.Zr/c1-3-2;;;;;/h3H,1-2H3;4*1H;/q;;;;;+4/p-4. The van der Waals surface area contributed by atoms with Gasteiger partial charge in [0.25, 0.3) is 0 Å². The third kappa shape index (κ3) is 85.2. The topological polar surface area (TPSA) is 0 Å². The third-order valence-electron chi connectivity index (χ3n) is 0. The molecule has 0 fully saturated rings. The second kappa shape index (κ2) is 7.37. The summed E-state index contributed by atoms with van der Waals surface area (Å²) in [5.41, 5.74) is 0. The molecule has 0 amide bonds. The Bertz CT molecular complexity index is 37.8. The van der Waals surface area contributed by atoms with Crippen LogP contribution in [0.4, 0.5) is 0 Å². The molecular weight excluding hydrogens is 285 g/mol. The van der Waals surface area contributed by atoms with E-state index in [4.69, 9.17) is 34.1 Å². The Hall–Kier alpha value is 2.26. The van der Waals surface area contributed by atoms with E-state index >= 15 is 0 Å². The zero-order valence-electron chi connectivity index (χ0n) is 4.59. The Morgan fingerprint density at radius 1 is 1.00 bits per heavy atom. The van der Waals surface area contributed by atoms with Crippen LogP contribution in [0.5, 0.6) is 0 Å². The maximum absolute atomic E-state index is 5.04. The molecule has 0 bridgehead atoms. The molecule has 6 heteroatoms. The van der Waals surface area contributed by atoms with E-state index in [0.717, 1.165) is 9.52 Å². The molecule has 0 nitrogen and oxygen atoms in total. The van der Waals surface area contributed by atoms with Crippen LogP contribution in [0.25, 0.3) is 0 Å². The molecule has 0 rings (SSSR count). The van der Waals surface area contributed by atoms with Gasteiger partial charge in [-0.3, -0.25) is 0 Å². The molecule has 0 aromatic rings. The van der Waals surface area contributed by atoms with E-state index in [1.54, 1.807) is 0 Å². The van der Waals surface area contributed by atoms with E-state index in [2.05, 4.69) is 13.1 Å². The van der Waals surface area contributed by atoms with E-state index in [-0.39, 0.29) is 0 Å². The molecule has 0 aliphatic carbocycles. The number of hydrogen-bond acceptors (Lipinski definition) is 0. The summed E-state index contributed by atoms with van der Waals surface area (Å²) < 4.78 is 0. The van der Waals surface area contributed by atoms with Crippen LogP contribution in [0.2, 0.25) is 13.1 Å². The molecule has 0 saturated carbocycles. The molecule has 0 aliphatic heterocycles. The fraction of sp³-hybridized carbons (Fsp3) is 1.00. The average Bonchev–Trinajstić information content (AvgIpc) is 1.27. The van der Waals surface area contributed by atoms with Crippen LogP contribution in [0.1, 0.15) is 0 Å². The van der Waals surface area contributed by atoms with Gasteiger partial charge in [-0.25, -0.2) is 0 Å². The fourth-order valence-electron chi connectivity index (χ4n) is 0. The van der Waals surface area contributed by atoms with Crippen molar-refractivity contribution in [2.24, 2.45) is 0 Å². The van der Waals surface area contributed by atoms with Crippen molar-refractivity contribution in [2.75, 3.05) is 0 Å². The molecule has 0 saturated heterocycles. The van der Waals surface area contributed by atoms with Gasteiger partial charge in [-0.1, -0.05) is 13.1 Å². The zero-order valence-corrected chi connectivity index (χ0v) is 11.2. The van der Waals surface area contributed by atoms with Crippen LogP contribution >= 0.6 is 34.1 Å². The monoisotopic (exact) mass is 289 g/mol. The van der Waals surface area contributed by atoms with E-state index in [1.165, 1.54) is 0 Å². The van der Waals surface area contributed by atoms with Crippen LogP contribution in [0.3, 0.4) is 0 Å². The number of halogens is 4. The molecule has 0 heterocycles. The summed E-state index contributed by atoms with van der Waals surface area (Å²) in [6.45, 7) is 4.42. The summed E-state index contributed by atoms with van der Waals surface area (Å²) in [5, 5.41) is 0. The summed E-state index contributed by atoms with van der Waals surface area (Å²) in [4.78, 5) is 0. The van der Waals surface area contributed by atoms with Crippen molar-refractivity contribution < 1.29 is 15.5 Å². The molecule has 1 radical (unpaired) electrons. The summed E-state index contributed by atoms with van der Waals surface area (Å²) in [6.07, 6.45) is 0. The Balaban J connectivity index is 0. The zero-order chi connectivity index (χ0) is 7.21. The summed E-state index contributed by atoms with van der Waals surface area (Å²) >= 11 is -3.29. The molecule has 0 aromatic carbocycles. The van der Waals surface area contributed by atoms with Crippen molar-refractivity contribution in [1.82, 2.24) is 0 Å². The van der Waals surface area contributed by atoms with Gasteiger partial charge < -0.3 is 0 Å². The van der Waals surface area contributed by atoms with E-state index in [9.17, 15) is 0 Å². The van der Waals surface area contributed by atoms with Gasteiger partial charge in [0.05, 0.1) is 0 Å². The molecule has 0 unspecified atom stereocenters. The van der Waals surface area contributed by atoms with Crippen molar-refractivity contribution in [1.29, 1.82) is 0 Å². The van der Waals surface area contributed by atoms with Crippen molar-refractivity contribution in [3.8, 4) is 0 Å². The van der Waals surface area contributed by atoms with Gasteiger partial charge in [-0.15, -0.1) is 0 Å². The van der Waals surface area contributed by atoms with Crippen LogP contribution < -0.4 is 0 Å². The van der Waals surface area contributed by atoms with Crippen molar-refractivity contribution in [3.05, 3.63) is 0 Å². The van der Waals surface area contributed by atoms with Crippen LogP contribution in [-0.2, 0) is 15.5 Å². The second-order valence-corrected chi connectivity index (χ2v) is 24.6. The van der Waals surface area contributed by atoms with Gasteiger partial charge >= 0.3 is 49.5 Å². The predicted octanol–water partition coefficient (Wildman–Crippen LogP) is 3.27. The minimum absolute atomic E-state index is 0.750. The minimum atomic E-state index is -3.29. The van der Waals surface area contributed by atoms with Crippen LogP contribution in [0, 0.1) is 0 Å². The van der Waals surface area contributed by atoms with Crippen molar-refractivity contribution >= 4 is 43.6 Å². The second-order valence-electron chi connectivity index (χ2n) is 1.01. The SMILES string of the molecule is C[SiH]C.[Cl][Zr]([Cl])([Cl])[Cl]. The molecule has 0 atom stereocenters. The normalized spacial score (nSPS) is 9.75. The quantitative estimate of drug-likeness (QED) is 0.601. The van der Waals surface area contributed by atoms with Crippen molar-refractivity contribution in [2.45, 2.75) is 13.1 Å². The molecule has 8 heavy (non-hydrogen) atoms. The van der Waals surface area contributed by atoms with Gasteiger partial charge in [-0.05, 0) is 0 Å². The number of rotatable bonds is 0. The first-order valence-corrected chi connectivity index (χ1v) is 16.9. The summed E-state index contributed by atoms with van der Waals surface area (Å²) in [5.74, 6) is 0. The molecule has 0 aromatic heterocycles. The van der Waals surface area contributed by atoms with Crippen LogP contribution in [0.15, 0.2) is 0 Å². The molecule has 0 spiro atoms. The summed E-state index contributed by atoms with van der Waals surface area (Å²) in [7, 11) is 20.9. The summed E-state index contributed by atoms with van der Waals surface area (Å²) in [6, 6.07) is 0. The maximum atomic E-state index is 5.04. The van der Waals surface area contributed by atoms with Crippen LogP contribution in [-0.4, -0.2) is 9.52 Å². The Kier molecular flexibility index (Phi) is 11.9. The number of hydrogen-bond donors (Lipinski definition) is 0. The molecular formula is C2H7Cl4SiZr. The average molecular weight is 292 g/mol. The van der Waals surface area contributed by atoms with Gasteiger partial charge in [0.15, 0.2) is 0 Å².